The Balaban J connectivity index is 1.34. The number of para-hydroxylation sites is 4. The van der Waals surface area contributed by atoms with Gasteiger partial charge in [0.05, 0.1) is 0 Å². The molecule has 0 spiro atoms. The molecule has 0 saturated heterocycles. The third kappa shape index (κ3) is 5.31. The highest BCUT2D eigenvalue weighted by Crippen LogP contribution is 2.50. The third-order valence-corrected chi connectivity index (χ3v) is 11.4. The molecular weight excluding hydrogens is 629 g/mol. The van der Waals surface area contributed by atoms with Crippen LogP contribution in [0.4, 0.5) is 34.1 Å². The molecule has 0 N–H and O–H groups in total. The second-order valence-electron chi connectivity index (χ2n) is 16.9. The molecule has 0 unspecified atom stereocenters. The zero-order chi connectivity index (χ0) is 35.8. The summed E-state index contributed by atoms with van der Waals surface area (Å²) in [6, 6.07) is 50.5. The van der Waals surface area contributed by atoms with Gasteiger partial charge in [-0.25, -0.2) is 0 Å². The van der Waals surface area contributed by atoms with E-state index in [9.17, 15) is 0 Å². The van der Waals surface area contributed by atoms with Crippen LogP contribution in [-0.2, 0) is 36.5 Å². The van der Waals surface area contributed by atoms with Crippen molar-refractivity contribution in [1.29, 1.82) is 0 Å². The first-order chi connectivity index (χ1) is 25.1. The molecule has 2 aliphatic heterocycles. The molecule has 0 atom stereocenters. The van der Waals surface area contributed by atoms with Crippen molar-refractivity contribution < 1.29 is 0 Å². The summed E-state index contributed by atoms with van der Waals surface area (Å²) in [6.45, 7) is 14.3. The molecule has 0 radical (unpaired) electrons. The lowest BCUT2D eigenvalue weighted by molar-refractivity contribution is 0.593. The molecule has 7 aromatic carbocycles. The first-order valence-electron chi connectivity index (χ1n) is 19.0. The van der Waals surface area contributed by atoms with E-state index in [1.807, 2.05) is 0 Å². The van der Waals surface area contributed by atoms with Gasteiger partial charge in [0, 0.05) is 34.1 Å². The summed E-state index contributed by atoms with van der Waals surface area (Å²) >= 11 is 0. The predicted molar refractivity (Wildman–Crippen MR) is 223 cm³/mol. The van der Waals surface area contributed by atoms with Crippen LogP contribution >= 0.6 is 0 Å². The highest BCUT2D eigenvalue weighted by Gasteiger charge is 2.30. The molecule has 0 aromatic heterocycles. The van der Waals surface area contributed by atoms with E-state index >= 15 is 0 Å². The van der Waals surface area contributed by atoms with Gasteiger partial charge in [0.25, 0.3) is 0 Å². The Bertz CT molecular complexity index is 2240. The topological polar surface area (TPSA) is 6.48 Å². The van der Waals surface area contributed by atoms with Crippen molar-refractivity contribution in [3.63, 3.8) is 0 Å². The molecule has 0 amide bonds. The second kappa shape index (κ2) is 12.1. The number of fused-ring (bicyclic) bond motifs is 6. The average molecular weight is 677 g/mol. The van der Waals surface area contributed by atoms with Crippen molar-refractivity contribution in [3.8, 4) is 0 Å². The van der Waals surface area contributed by atoms with Gasteiger partial charge >= 0.3 is 0 Å². The van der Waals surface area contributed by atoms with Gasteiger partial charge in [0.15, 0.2) is 0 Å². The fraction of sp³-hybridized carbons (Fsp3) is 0.240. The molecule has 0 fully saturated rings. The Labute approximate surface area is 309 Å². The predicted octanol–water partition coefficient (Wildman–Crippen LogP) is 13.7. The minimum Gasteiger partial charge on any atom is -0.310 e. The minimum absolute atomic E-state index is 0.0938. The van der Waals surface area contributed by atoms with Crippen molar-refractivity contribution in [3.05, 3.63) is 167 Å². The normalized spacial score (nSPS) is 14.3. The van der Waals surface area contributed by atoms with Gasteiger partial charge in [-0.3, -0.25) is 0 Å². The van der Waals surface area contributed by atoms with Gasteiger partial charge in [-0.15, -0.1) is 0 Å². The van der Waals surface area contributed by atoms with Crippen LogP contribution in [0.3, 0.4) is 0 Å². The first kappa shape index (κ1) is 32.6. The van der Waals surface area contributed by atoms with E-state index in [4.69, 9.17) is 0 Å². The number of hydrogen-bond acceptors (Lipinski definition) is 2. The van der Waals surface area contributed by atoms with E-state index in [2.05, 4.69) is 185 Å². The Morgan fingerprint density at radius 1 is 0.346 bits per heavy atom. The van der Waals surface area contributed by atoms with E-state index in [0.717, 1.165) is 25.7 Å². The molecule has 0 bridgehead atoms. The summed E-state index contributed by atoms with van der Waals surface area (Å²) < 4.78 is 0. The molecule has 258 valence electrons. The highest BCUT2D eigenvalue weighted by atomic mass is 15.2. The molecule has 2 nitrogen and oxygen atoms in total. The quantitative estimate of drug-likeness (QED) is 0.168. The first-order valence-corrected chi connectivity index (χ1v) is 19.0. The smallest absolute Gasteiger partial charge is 0.0493 e. The van der Waals surface area contributed by atoms with Crippen molar-refractivity contribution in [2.45, 2.75) is 78.1 Å². The number of nitrogens with zero attached hydrogens (tertiary/aromatic N) is 2. The van der Waals surface area contributed by atoms with Crippen LogP contribution in [0.1, 0.15) is 74.9 Å². The Hall–Kier alpha value is -5.34. The molecule has 0 saturated carbocycles. The molecule has 0 aliphatic carbocycles. The van der Waals surface area contributed by atoms with Gasteiger partial charge in [-0.1, -0.05) is 126 Å². The molecule has 2 heterocycles. The lowest BCUT2D eigenvalue weighted by Crippen LogP contribution is -2.19. The minimum atomic E-state index is -0.0938. The summed E-state index contributed by atoms with van der Waals surface area (Å²) in [7, 11) is 0. The maximum absolute atomic E-state index is 2.52. The monoisotopic (exact) mass is 676 g/mol. The summed E-state index contributed by atoms with van der Waals surface area (Å²) in [5.74, 6) is 0. The Morgan fingerprint density at radius 3 is 0.923 bits per heavy atom. The molecule has 7 aromatic rings. The SMILES string of the molecule is CC(C)(C)c1c2ccc(N3c4ccccc4CCc4ccccc43)cc2c(C(C)(C)C)c2ccc(N3c4ccccc4CCc4ccccc43)cc12. The van der Waals surface area contributed by atoms with Crippen LogP contribution in [0.15, 0.2) is 133 Å². The molecule has 52 heavy (non-hydrogen) atoms. The number of aryl methyl sites for hydroxylation is 4. The lowest BCUT2D eigenvalue weighted by atomic mass is 9.74. The maximum atomic E-state index is 2.52. The van der Waals surface area contributed by atoms with Crippen LogP contribution in [0.2, 0.25) is 0 Å². The Kier molecular flexibility index (Phi) is 7.59. The van der Waals surface area contributed by atoms with Gasteiger partial charge < -0.3 is 9.80 Å². The van der Waals surface area contributed by atoms with Crippen molar-refractivity contribution >= 4 is 55.7 Å². The molecule has 9 rings (SSSR count). The molecule has 2 aliphatic rings. The van der Waals surface area contributed by atoms with Crippen molar-refractivity contribution in [2.24, 2.45) is 0 Å². The number of hydrogen-bond donors (Lipinski definition) is 0. The van der Waals surface area contributed by atoms with Gasteiger partial charge in [-0.05, 0) is 140 Å². The standard InChI is InChI=1S/C50H48N2/c1-49(2,3)47-39-29-27-38(52-45-21-13-9-17-35(45)25-26-36-18-10-14-22-46(36)52)32-42(39)48(50(4,5)6)40-30-28-37(31-41(40)47)51-43-19-11-7-15-33(43)23-24-34-16-8-12-20-44(34)51/h7-22,27-32H,23-26H2,1-6H3. The van der Waals surface area contributed by atoms with Gasteiger partial charge in [-0.2, -0.15) is 0 Å². The van der Waals surface area contributed by atoms with E-state index < -0.39 is 0 Å². The van der Waals surface area contributed by atoms with E-state index in [-0.39, 0.29) is 10.8 Å². The van der Waals surface area contributed by atoms with E-state index in [1.54, 1.807) is 0 Å². The van der Waals surface area contributed by atoms with Gasteiger partial charge in [0.2, 0.25) is 0 Å². The highest BCUT2D eigenvalue weighted by molar-refractivity contribution is 6.10. The zero-order valence-electron chi connectivity index (χ0n) is 31.4. The van der Waals surface area contributed by atoms with E-state index in [0.29, 0.717) is 0 Å². The maximum Gasteiger partial charge on any atom is 0.0493 e. The van der Waals surface area contributed by atoms with Crippen LogP contribution < -0.4 is 9.80 Å². The van der Waals surface area contributed by atoms with Crippen LogP contribution in [0.5, 0.6) is 0 Å². The fourth-order valence-electron chi connectivity index (χ4n) is 9.21. The van der Waals surface area contributed by atoms with Crippen molar-refractivity contribution in [1.82, 2.24) is 0 Å². The fourth-order valence-corrected chi connectivity index (χ4v) is 9.21. The summed E-state index contributed by atoms with van der Waals surface area (Å²) in [5, 5.41) is 5.39. The van der Waals surface area contributed by atoms with Crippen LogP contribution in [0, 0.1) is 0 Å². The van der Waals surface area contributed by atoms with Crippen LogP contribution in [0.25, 0.3) is 21.5 Å². The summed E-state index contributed by atoms with van der Waals surface area (Å²) in [6.07, 6.45) is 4.16. The Morgan fingerprint density at radius 2 is 0.635 bits per heavy atom. The molecule has 2 heteroatoms. The van der Waals surface area contributed by atoms with Crippen LogP contribution in [-0.4, -0.2) is 0 Å². The summed E-state index contributed by atoms with van der Waals surface area (Å²) in [5.41, 5.74) is 15.8. The number of anilines is 6. The zero-order valence-corrected chi connectivity index (χ0v) is 31.4. The average Bonchev–Trinajstić information content (AvgIpc) is 3.40. The number of benzene rings is 7. The van der Waals surface area contributed by atoms with E-state index in [1.165, 1.54) is 89.0 Å². The number of rotatable bonds is 2. The summed E-state index contributed by atoms with van der Waals surface area (Å²) in [4.78, 5) is 5.03. The molecular formula is C50H48N2. The largest absolute Gasteiger partial charge is 0.310 e. The second-order valence-corrected chi connectivity index (χ2v) is 16.9. The lowest BCUT2D eigenvalue weighted by Gasteiger charge is -2.33. The van der Waals surface area contributed by atoms with Crippen molar-refractivity contribution in [2.75, 3.05) is 9.80 Å². The third-order valence-electron chi connectivity index (χ3n) is 11.4. The van der Waals surface area contributed by atoms with Gasteiger partial charge in [0.1, 0.15) is 0 Å².